The smallest absolute Gasteiger partial charge is 0.212 e. The molecule has 0 aliphatic carbocycles. The van der Waals surface area contributed by atoms with Gasteiger partial charge >= 0.3 is 0 Å². The zero-order valence-electron chi connectivity index (χ0n) is 11.0. The van der Waals surface area contributed by atoms with Crippen molar-refractivity contribution in [1.82, 2.24) is 4.72 Å². The Hall–Kier alpha value is -0.370. The van der Waals surface area contributed by atoms with Gasteiger partial charge in [0.05, 0.1) is 5.75 Å². The predicted molar refractivity (Wildman–Crippen MR) is 86.4 cm³/mol. The average Bonchev–Trinajstić information content (AvgIpc) is 2.35. The molecule has 0 aliphatic rings. The highest BCUT2D eigenvalue weighted by molar-refractivity contribution is 8.00. The number of thioether (sulfide) groups is 2. The standard InChI is InChI=1S/C12H20N2O2S3/c1-17-7-3-6-14-19(15,16)9-8-18-12-5-2-4-11(13)10-12/h2,4-5,10,14H,3,6-9,13H2,1H3. The number of nitrogen functional groups attached to an aromatic ring is 1. The minimum Gasteiger partial charge on any atom is -0.399 e. The fourth-order valence-electron chi connectivity index (χ4n) is 1.39. The van der Waals surface area contributed by atoms with E-state index in [4.69, 9.17) is 5.73 Å². The van der Waals surface area contributed by atoms with Gasteiger partial charge in [-0.25, -0.2) is 13.1 Å². The summed E-state index contributed by atoms with van der Waals surface area (Å²) >= 11 is 3.22. The Labute approximate surface area is 124 Å². The molecule has 0 bridgehead atoms. The summed E-state index contributed by atoms with van der Waals surface area (Å²) in [5.41, 5.74) is 6.36. The van der Waals surface area contributed by atoms with Gasteiger partial charge in [0, 0.05) is 22.9 Å². The van der Waals surface area contributed by atoms with Crippen LogP contribution in [0.2, 0.25) is 0 Å². The Kier molecular flexibility index (Phi) is 7.67. The topological polar surface area (TPSA) is 72.2 Å². The van der Waals surface area contributed by atoms with Gasteiger partial charge in [-0.05, 0) is 36.6 Å². The Balaban J connectivity index is 2.27. The summed E-state index contributed by atoms with van der Waals surface area (Å²) in [6.07, 6.45) is 2.87. The van der Waals surface area contributed by atoms with Crippen molar-refractivity contribution in [3.05, 3.63) is 24.3 Å². The molecule has 0 saturated heterocycles. The van der Waals surface area contributed by atoms with E-state index in [1.165, 1.54) is 11.8 Å². The lowest BCUT2D eigenvalue weighted by atomic mass is 10.3. The van der Waals surface area contributed by atoms with E-state index in [0.717, 1.165) is 17.1 Å². The minimum atomic E-state index is -3.15. The van der Waals surface area contributed by atoms with Crippen molar-refractivity contribution in [1.29, 1.82) is 0 Å². The molecule has 3 N–H and O–H groups in total. The number of nitrogens with two attached hydrogens (primary N) is 1. The highest BCUT2D eigenvalue weighted by Crippen LogP contribution is 2.20. The van der Waals surface area contributed by atoms with E-state index in [-0.39, 0.29) is 5.75 Å². The van der Waals surface area contributed by atoms with Gasteiger partial charge in [-0.2, -0.15) is 11.8 Å². The summed E-state index contributed by atoms with van der Waals surface area (Å²) in [5.74, 6) is 1.63. The average molecular weight is 321 g/mol. The molecule has 0 spiro atoms. The van der Waals surface area contributed by atoms with Crippen LogP contribution in [0.1, 0.15) is 6.42 Å². The molecule has 0 unspecified atom stereocenters. The molecule has 0 amide bonds. The van der Waals surface area contributed by atoms with Crippen molar-refractivity contribution < 1.29 is 8.42 Å². The monoisotopic (exact) mass is 320 g/mol. The Morgan fingerprint density at radius 3 is 2.79 bits per heavy atom. The quantitative estimate of drug-likeness (QED) is 0.414. The zero-order chi connectivity index (χ0) is 14.1. The van der Waals surface area contributed by atoms with Crippen molar-refractivity contribution in [3.8, 4) is 0 Å². The van der Waals surface area contributed by atoms with Crippen LogP contribution in [0, 0.1) is 0 Å². The van der Waals surface area contributed by atoms with Gasteiger partial charge in [0.15, 0.2) is 0 Å². The van der Waals surface area contributed by atoms with Gasteiger partial charge in [-0.3, -0.25) is 0 Å². The minimum absolute atomic E-state index is 0.131. The van der Waals surface area contributed by atoms with Gasteiger partial charge in [0.25, 0.3) is 0 Å². The van der Waals surface area contributed by atoms with Crippen LogP contribution in [-0.4, -0.2) is 38.5 Å². The van der Waals surface area contributed by atoms with Crippen molar-refractivity contribution in [2.45, 2.75) is 11.3 Å². The van der Waals surface area contributed by atoms with Crippen LogP contribution in [0.25, 0.3) is 0 Å². The third-order valence-corrected chi connectivity index (χ3v) is 5.66. The lowest BCUT2D eigenvalue weighted by molar-refractivity contribution is 0.582. The lowest BCUT2D eigenvalue weighted by Crippen LogP contribution is -2.28. The molecular weight excluding hydrogens is 300 g/mol. The summed E-state index contributed by atoms with van der Waals surface area (Å²) in [6, 6.07) is 7.46. The third-order valence-electron chi connectivity index (χ3n) is 2.33. The van der Waals surface area contributed by atoms with Crippen LogP contribution in [0.4, 0.5) is 5.69 Å². The maximum absolute atomic E-state index is 11.7. The summed E-state index contributed by atoms with van der Waals surface area (Å²) in [5, 5.41) is 0. The number of hydrogen-bond donors (Lipinski definition) is 2. The van der Waals surface area contributed by atoms with Crippen LogP contribution in [0.5, 0.6) is 0 Å². The number of hydrogen-bond acceptors (Lipinski definition) is 5. The molecule has 4 nitrogen and oxygen atoms in total. The molecular formula is C12H20N2O2S3. The van der Waals surface area contributed by atoms with Crippen LogP contribution < -0.4 is 10.5 Å². The third kappa shape index (κ3) is 7.71. The van der Waals surface area contributed by atoms with Crippen LogP contribution in [-0.2, 0) is 10.0 Å². The molecule has 0 saturated carbocycles. The van der Waals surface area contributed by atoms with Gasteiger partial charge in [0.2, 0.25) is 10.0 Å². The maximum Gasteiger partial charge on any atom is 0.212 e. The van der Waals surface area contributed by atoms with Gasteiger partial charge in [-0.15, -0.1) is 11.8 Å². The fraction of sp³-hybridized carbons (Fsp3) is 0.500. The molecule has 108 valence electrons. The van der Waals surface area contributed by atoms with E-state index < -0.39 is 10.0 Å². The second-order valence-electron chi connectivity index (χ2n) is 3.98. The van der Waals surface area contributed by atoms with Gasteiger partial charge in [-0.1, -0.05) is 6.07 Å². The molecule has 1 aromatic carbocycles. The van der Waals surface area contributed by atoms with Crippen molar-refractivity contribution in [2.75, 3.05) is 35.8 Å². The predicted octanol–water partition coefficient (Wildman–Crippen LogP) is 2.03. The van der Waals surface area contributed by atoms with Crippen molar-refractivity contribution in [3.63, 3.8) is 0 Å². The first-order valence-electron chi connectivity index (χ1n) is 5.98. The number of anilines is 1. The molecule has 1 aromatic rings. The molecule has 0 heterocycles. The molecule has 1 rings (SSSR count). The Morgan fingerprint density at radius 2 is 2.11 bits per heavy atom. The zero-order valence-corrected chi connectivity index (χ0v) is 13.4. The van der Waals surface area contributed by atoms with Gasteiger partial charge in [0.1, 0.15) is 0 Å². The molecule has 7 heteroatoms. The maximum atomic E-state index is 11.7. The molecule has 0 radical (unpaired) electrons. The molecule has 0 aromatic heterocycles. The number of sulfonamides is 1. The molecule has 0 atom stereocenters. The first kappa shape index (κ1) is 16.7. The first-order chi connectivity index (χ1) is 9.03. The van der Waals surface area contributed by atoms with Crippen LogP contribution >= 0.6 is 23.5 Å². The van der Waals surface area contributed by atoms with E-state index in [0.29, 0.717) is 18.0 Å². The summed E-state index contributed by atoms with van der Waals surface area (Å²) in [6.45, 7) is 0.520. The highest BCUT2D eigenvalue weighted by atomic mass is 32.2. The molecule has 0 fully saturated rings. The van der Waals surface area contributed by atoms with Crippen LogP contribution in [0.15, 0.2) is 29.2 Å². The second-order valence-corrected chi connectivity index (χ2v) is 8.06. The van der Waals surface area contributed by atoms with E-state index in [9.17, 15) is 8.42 Å². The number of nitrogens with one attached hydrogen (secondary N) is 1. The largest absolute Gasteiger partial charge is 0.399 e. The lowest BCUT2D eigenvalue weighted by Gasteiger charge is -2.06. The summed E-state index contributed by atoms with van der Waals surface area (Å²) in [7, 11) is -3.15. The molecule has 19 heavy (non-hydrogen) atoms. The highest BCUT2D eigenvalue weighted by Gasteiger charge is 2.09. The number of benzene rings is 1. The normalized spacial score (nSPS) is 11.6. The van der Waals surface area contributed by atoms with E-state index in [1.54, 1.807) is 11.8 Å². The van der Waals surface area contributed by atoms with E-state index in [1.807, 2.05) is 30.5 Å². The van der Waals surface area contributed by atoms with Crippen molar-refractivity contribution >= 4 is 39.2 Å². The second kappa shape index (κ2) is 8.73. The van der Waals surface area contributed by atoms with E-state index >= 15 is 0 Å². The Morgan fingerprint density at radius 1 is 1.32 bits per heavy atom. The van der Waals surface area contributed by atoms with Gasteiger partial charge < -0.3 is 5.73 Å². The SMILES string of the molecule is CSCCCNS(=O)(=O)CCSc1cccc(N)c1. The van der Waals surface area contributed by atoms with E-state index in [2.05, 4.69) is 4.72 Å². The first-order valence-corrected chi connectivity index (χ1v) is 10.0. The fourth-order valence-corrected chi connectivity index (χ4v) is 4.26. The molecule has 0 aliphatic heterocycles. The van der Waals surface area contributed by atoms with Crippen LogP contribution in [0.3, 0.4) is 0 Å². The Bertz CT molecular complexity index is 478. The number of rotatable bonds is 9. The summed E-state index contributed by atoms with van der Waals surface area (Å²) < 4.78 is 26.0. The van der Waals surface area contributed by atoms with Crippen molar-refractivity contribution in [2.24, 2.45) is 0 Å². The summed E-state index contributed by atoms with van der Waals surface area (Å²) in [4.78, 5) is 0.998.